The van der Waals surface area contributed by atoms with Crippen molar-refractivity contribution < 1.29 is 17.9 Å². The maximum atomic E-state index is 11.3. The van der Waals surface area contributed by atoms with E-state index in [2.05, 4.69) is 14.6 Å². The Hall–Kier alpha value is -3.04. The fourth-order valence-corrected chi connectivity index (χ4v) is 4.03. The molecular formula is C19H20N4O4S. The predicted octanol–water partition coefficient (Wildman–Crippen LogP) is 2.56. The molecule has 2 heterocycles. The smallest absolute Gasteiger partial charge is 0.296 e. The van der Waals surface area contributed by atoms with Crippen molar-refractivity contribution in [3.05, 3.63) is 48.2 Å². The van der Waals surface area contributed by atoms with Gasteiger partial charge in [-0.1, -0.05) is 0 Å². The molecule has 1 aliphatic rings. The topological polar surface area (TPSA) is 107 Å². The molecule has 0 spiro atoms. The minimum atomic E-state index is -3.80. The third-order valence-electron chi connectivity index (χ3n) is 4.75. The molecule has 0 saturated heterocycles. The second-order valence-corrected chi connectivity index (χ2v) is 7.74. The minimum absolute atomic E-state index is 0.453. The van der Waals surface area contributed by atoms with Gasteiger partial charge < -0.3 is 14.4 Å². The van der Waals surface area contributed by atoms with Gasteiger partial charge >= 0.3 is 0 Å². The first kappa shape index (κ1) is 18.3. The standard InChI is InChI=1S/C19H20N4O4S/c1-26-18-10-14-15(11-19(18)27-2)21-7-5-17(14)23-8-6-12-9-13(3-4-16(12)23)22-28(20,24)25/h3-5,7,9-11,22H,6,8H2,1-2H3,(H2,20,24,25). The summed E-state index contributed by atoms with van der Waals surface area (Å²) in [5.41, 5.74) is 4.31. The van der Waals surface area contributed by atoms with Gasteiger partial charge in [-0.15, -0.1) is 0 Å². The third kappa shape index (κ3) is 3.30. The number of hydrogen-bond donors (Lipinski definition) is 2. The molecular weight excluding hydrogens is 380 g/mol. The van der Waals surface area contributed by atoms with Crippen molar-refractivity contribution in [1.29, 1.82) is 0 Å². The number of nitrogens with two attached hydrogens (primary N) is 1. The second-order valence-electron chi connectivity index (χ2n) is 6.45. The Morgan fingerprint density at radius 1 is 1.07 bits per heavy atom. The zero-order valence-corrected chi connectivity index (χ0v) is 16.3. The molecule has 4 rings (SSSR count). The molecule has 9 heteroatoms. The average Bonchev–Trinajstić information content (AvgIpc) is 3.08. The van der Waals surface area contributed by atoms with Crippen LogP contribution in [-0.4, -0.2) is 34.2 Å². The number of aromatic nitrogens is 1. The Kier molecular flexibility index (Phi) is 4.48. The lowest BCUT2D eigenvalue weighted by Crippen LogP contribution is -2.21. The SMILES string of the molecule is COc1cc2nccc(N3CCc4cc(NS(N)(=O)=O)ccc43)c2cc1OC. The zero-order valence-electron chi connectivity index (χ0n) is 15.5. The van der Waals surface area contributed by atoms with Gasteiger partial charge in [-0.05, 0) is 42.3 Å². The van der Waals surface area contributed by atoms with Crippen molar-refractivity contribution in [2.45, 2.75) is 6.42 Å². The molecule has 2 aromatic carbocycles. The van der Waals surface area contributed by atoms with Crippen molar-refractivity contribution in [1.82, 2.24) is 4.98 Å². The van der Waals surface area contributed by atoms with E-state index in [1.807, 2.05) is 30.3 Å². The van der Waals surface area contributed by atoms with Crippen LogP contribution in [0.25, 0.3) is 10.9 Å². The summed E-state index contributed by atoms with van der Waals surface area (Å²) in [4.78, 5) is 6.64. The van der Waals surface area contributed by atoms with E-state index >= 15 is 0 Å². The first-order chi connectivity index (χ1) is 13.4. The summed E-state index contributed by atoms with van der Waals surface area (Å²) in [6.07, 6.45) is 2.55. The lowest BCUT2D eigenvalue weighted by molar-refractivity contribution is 0.356. The zero-order chi connectivity index (χ0) is 19.9. The molecule has 0 radical (unpaired) electrons. The molecule has 0 unspecified atom stereocenters. The lowest BCUT2D eigenvalue weighted by atomic mass is 10.1. The van der Waals surface area contributed by atoms with Crippen LogP contribution in [0.5, 0.6) is 11.5 Å². The molecule has 146 valence electrons. The highest BCUT2D eigenvalue weighted by molar-refractivity contribution is 7.90. The molecule has 1 aliphatic heterocycles. The van der Waals surface area contributed by atoms with Gasteiger partial charge in [-0.25, -0.2) is 5.14 Å². The predicted molar refractivity (Wildman–Crippen MR) is 109 cm³/mol. The normalized spacial score (nSPS) is 13.5. The number of nitrogens with zero attached hydrogens (tertiary/aromatic N) is 2. The fourth-order valence-electron chi connectivity index (χ4n) is 3.57. The fraction of sp³-hybridized carbons (Fsp3) is 0.211. The van der Waals surface area contributed by atoms with Gasteiger partial charge in [0, 0.05) is 29.9 Å². The second kappa shape index (κ2) is 6.84. The van der Waals surface area contributed by atoms with Crippen molar-refractivity contribution in [3.8, 4) is 11.5 Å². The largest absolute Gasteiger partial charge is 0.493 e. The van der Waals surface area contributed by atoms with E-state index in [4.69, 9.17) is 14.6 Å². The quantitative estimate of drug-likeness (QED) is 0.682. The minimum Gasteiger partial charge on any atom is -0.493 e. The number of pyridine rings is 1. The van der Waals surface area contributed by atoms with E-state index in [0.29, 0.717) is 17.2 Å². The molecule has 3 aromatic rings. The van der Waals surface area contributed by atoms with Crippen LogP contribution >= 0.6 is 0 Å². The van der Waals surface area contributed by atoms with Crippen molar-refractivity contribution in [2.24, 2.45) is 5.14 Å². The Balaban J connectivity index is 1.79. The molecule has 0 atom stereocenters. The molecule has 0 aliphatic carbocycles. The van der Waals surface area contributed by atoms with Crippen LogP contribution < -0.4 is 24.2 Å². The van der Waals surface area contributed by atoms with Crippen LogP contribution in [0.15, 0.2) is 42.6 Å². The number of anilines is 3. The van der Waals surface area contributed by atoms with E-state index in [0.717, 1.165) is 40.8 Å². The first-order valence-electron chi connectivity index (χ1n) is 8.61. The molecule has 0 amide bonds. The third-order valence-corrected chi connectivity index (χ3v) is 5.27. The summed E-state index contributed by atoms with van der Waals surface area (Å²) in [7, 11) is -0.604. The van der Waals surface area contributed by atoms with E-state index in [-0.39, 0.29) is 0 Å². The Morgan fingerprint density at radius 3 is 2.54 bits per heavy atom. The van der Waals surface area contributed by atoms with E-state index in [1.165, 1.54) is 0 Å². The highest BCUT2D eigenvalue weighted by Gasteiger charge is 2.23. The highest BCUT2D eigenvalue weighted by atomic mass is 32.2. The van der Waals surface area contributed by atoms with Gasteiger partial charge in [0.05, 0.1) is 31.1 Å². The number of fused-ring (bicyclic) bond motifs is 2. The van der Waals surface area contributed by atoms with Gasteiger partial charge in [-0.3, -0.25) is 9.71 Å². The number of methoxy groups -OCH3 is 2. The van der Waals surface area contributed by atoms with Crippen molar-refractivity contribution >= 4 is 38.2 Å². The van der Waals surface area contributed by atoms with Crippen LogP contribution in [0.1, 0.15) is 5.56 Å². The molecule has 1 aromatic heterocycles. The van der Waals surface area contributed by atoms with Crippen LogP contribution in [0.3, 0.4) is 0 Å². The van der Waals surface area contributed by atoms with Crippen LogP contribution in [-0.2, 0) is 16.6 Å². The van der Waals surface area contributed by atoms with Crippen LogP contribution in [0.2, 0.25) is 0 Å². The van der Waals surface area contributed by atoms with Gasteiger partial charge in [0.1, 0.15) is 0 Å². The monoisotopic (exact) mass is 400 g/mol. The van der Waals surface area contributed by atoms with Crippen LogP contribution in [0, 0.1) is 0 Å². The van der Waals surface area contributed by atoms with E-state index < -0.39 is 10.2 Å². The highest BCUT2D eigenvalue weighted by Crippen LogP contribution is 2.41. The Labute approximate surface area is 163 Å². The Bertz CT molecular complexity index is 1160. The number of ether oxygens (including phenoxy) is 2. The summed E-state index contributed by atoms with van der Waals surface area (Å²) < 4.78 is 35.7. The molecule has 28 heavy (non-hydrogen) atoms. The van der Waals surface area contributed by atoms with Gasteiger partial charge in [0.15, 0.2) is 11.5 Å². The van der Waals surface area contributed by atoms with Gasteiger partial charge in [0.2, 0.25) is 0 Å². The lowest BCUT2D eigenvalue weighted by Gasteiger charge is -2.22. The molecule has 0 fully saturated rings. The molecule has 0 saturated carbocycles. The number of rotatable bonds is 5. The molecule has 8 nitrogen and oxygen atoms in total. The van der Waals surface area contributed by atoms with Gasteiger partial charge in [-0.2, -0.15) is 8.42 Å². The number of benzene rings is 2. The Morgan fingerprint density at radius 2 is 1.82 bits per heavy atom. The summed E-state index contributed by atoms with van der Waals surface area (Å²) in [5, 5.41) is 6.01. The molecule has 3 N–H and O–H groups in total. The summed E-state index contributed by atoms with van der Waals surface area (Å²) in [6, 6.07) is 11.1. The summed E-state index contributed by atoms with van der Waals surface area (Å²) in [6.45, 7) is 0.765. The van der Waals surface area contributed by atoms with Gasteiger partial charge in [0.25, 0.3) is 10.2 Å². The first-order valence-corrected chi connectivity index (χ1v) is 10.2. The number of nitrogens with one attached hydrogen (secondary N) is 1. The maximum absolute atomic E-state index is 11.3. The maximum Gasteiger partial charge on any atom is 0.296 e. The summed E-state index contributed by atoms with van der Waals surface area (Å²) >= 11 is 0. The van der Waals surface area contributed by atoms with Crippen molar-refractivity contribution in [3.63, 3.8) is 0 Å². The molecule has 0 bridgehead atoms. The van der Waals surface area contributed by atoms with E-state index in [1.54, 1.807) is 26.5 Å². The van der Waals surface area contributed by atoms with E-state index in [9.17, 15) is 8.42 Å². The van der Waals surface area contributed by atoms with Crippen molar-refractivity contribution in [2.75, 3.05) is 30.4 Å². The average molecular weight is 400 g/mol. The summed E-state index contributed by atoms with van der Waals surface area (Å²) in [5.74, 6) is 1.26. The van der Waals surface area contributed by atoms with Crippen LogP contribution in [0.4, 0.5) is 17.1 Å². The number of hydrogen-bond acceptors (Lipinski definition) is 6.